The van der Waals surface area contributed by atoms with Gasteiger partial charge in [-0.05, 0) is 54.3 Å². The SMILES string of the molecule is O=C(O)C1CCCCN1C(c1ccc(OCc2ccccc2)cc1)c1ccccc1C(F)(F)F. The topological polar surface area (TPSA) is 49.8 Å². The molecule has 0 aliphatic carbocycles. The van der Waals surface area contributed by atoms with Crippen molar-refractivity contribution in [1.82, 2.24) is 4.90 Å². The van der Waals surface area contributed by atoms with E-state index < -0.39 is 29.8 Å². The third-order valence-electron chi connectivity index (χ3n) is 6.17. The highest BCUT2D eigenvalue weighted by Crippen LogP contribution is 2.41. The second-order valence-corrected chi connectivity index (χ2v) is 8.42. The molecule has 2 unspecified atom stereocenters. The monoisotopic (exact) mass is 469 g/mol. The van der Waals surface area contributed by atoms with Gasteiger partial charge in [0.15, 0.2) is 0 Å². The fourth-order valence-electron chi connectivity index (χ4n) is 4.56. The van der Waals surface area contributed by atoms with Gasteiger partial charge in [-0.3, -0.25) is 9.69 Å². The van der Waals surface area contributed by atoms with Crippen molar-refractivity contribution in [2.75, 3.05) is 6.54 Å². The lowest BCUT2D eigenvalue weighted by atomic mass is 9.89. The zero-order valence-electron chi connectivity index (χ0n) is 18.5. The maximum atomic E-state index is 13.9. The van der Waals surface area contributed by atoms with Crippen molar-refractivity contribution < 1.29 is 27.8 Å². The van der Waals surface area contributed by atoms with Gasteiger partial charge in [-0.1, -0.05) is 67.1 Å². The molecule has 1 fully saturated rings. The number of aliphatic carboxylic acids is 1. The largest absolute Gasteiger partial charge is 0.489 e. The van der Waals surface area contributed by atoms with Gasteiger partial charge in [-0.2, -0.15) is 13.2 Å². The molecule has 1 N–H and O–H groups in total. The molecule has 0 radical (unpaired) electrons. The molecule has 34 heavy (non-hydrogen) atoms. The van der Waals surface area contributed by atoms with Gasteiger partial charge in [-0.25, -0.2) is 0 Å². The summed E-state index contributed by atoms with van der Waals surface area (Å²) in [6, 6.07) is 20.3. The number of nitrogens with zero attached hydrogens (tertiary/aromatic N) is 1. The Bertz CT molecular complexity index is 1100. The van der Waals surface area contributed by atoms with Crippen molar-refractivity contribution in [1.29, 1.82) is 0 Å². The van der Waals surface area contributed by atoms with Crippen LogP contribution in [0.3, 0.4) is 0 Å². The normalized spacial score (nSPS) is 17.8. The van der Waals surface area contributed by atoms with Crippen molar-refractivity contribution in [2.45, 2.75) is 44.1 Å². The Morgan fingerprint density at radius 3 is 2.32 bits per heavy atom. The zero-order valence-corrected chi connectivity index (χ0v) is 18.5. The number of halogens is 3. The molecular weight excluding hydrogens is 443 g/mol. The number of piperidine rings is 1. The molecule has 2 atom stereocenters. The number of hydrogen-bond acceptors (Lipinski definition) is 3. The number of carbonyl (C=O) groups is 1. The van der Waals surface area contributed by atoms with Crippen LogP contribution in [0.2, 0.25) is 0 Å². The van der Waals surface area contributed by atoms with E-state index in [1.165, 1.54) is 12.1 Å². The summed E-state index contributed by atoms with van der Waals surface area (Å²) in [4.78, 5) is 13.7. The van der Waals surface area contributed by atoms with E-state index in [2.05, 4.69) is 0 Å². The molecule has 0 saturated carbocycles. The van der Waals surface area contributed by atoms with Crippen LogP contribution in [0.5, 0.6) is 5.75 Å². The van der Waals surface area contributed by atoms with Gasteiger partial charge in [0.05, 0.1) is 11.6 Å². The molecule has 3 aromatic carbocycles. The first-order chi connectivity index (χ1) is 16.3. The van der Waals surface area contributed by atoms with Crippen LogP contribution in [0.15, 0.2) is 78.9 Å². The molecule has 0 aromatic heterocycles. The Morgan fingerprint density at radius 1 is 0.971 bits per heavy atom. The number of benzene rings is 3. The summed E-state index contributed by atoms with van der Waals surface area (Å²) >= 11 is 0. The fourth-order valence-corrected chi connectivity index (χ4v) is 4.56. The molecule has 4 rings (SSSR count). The quantitative estimate of drug-likeness (QED) is 0.440. The Balaban J connectivity index is 1.70. The third-order valence-corrected chi connectivity index (χ3v) is 6.17. The summed E-state index contributed by atoms with van der Waals surface area (Å²) in [6.07, 6.45) is -2.69. The molecule has 7 heteroatoms. The smallest absolute Gasteiger partial charge is 0.416 e. The van der Waals surface area contributed by atoms with Crippen LogP contribution in [-0.2, 0) is 17.6 Å². The maximum absolute atomic E-state index is 13.9. The van der Waals surface area contributed by atoms with Gasteiger partial charge in [-0.15, -0.1) is 0 Å². The Labute approximate surface area is 196 Å². The molecule has 3 aromatic rings. The number of hydrogen-bond donors (Lipinski definition) is 1. The summed E-state index contributed by atoms with van der Waals surface area (Å²) in [7, 11) is 0. The summed E-state index contributed by atoms with van der Waals surface area (Å²) in [5.74, 6) is -0.430. The highest BCUT2D eigenvalue weighted by atomic mass is 19.4. The zero-order chi connectivity index (χ0) is 24.1. The van der Waals surface area contributed by atoms with Crippen molar-refractivity contribution in [3.05, 3.63) is 101 Å². The molecule has 178 valence electrons. The predicted molar refractivity (Wildman–Crippen MR) is 122 cm³/mol. The minimum absolute atomic E-state index is 0.0566. The Morgan fingerprint density at radius 2 is 1.65 bits per heavy atom. The van der Waals surface area contributed by atoms with E-state index in [0.717, 1.165) is 24.5 Å². The van der Waals surface area contributed by atoms with Crippen molar-refractivity contribution in [2.24, 2.45) is 0 Å². The van der Waals surface area contributed by atoms with Crippen molar-refractivity contribution >= 4 is 5.97 Å². The predicted octanol–water partition coefficient (Wildman–Crippen LogP) is 6.31. The highest BCUT2D eigenvalue weighted by Gasteiger charge is 2.40. The van der Waals surface area contributed by atoms with Gasteiger partial charge in [0, 0.05) is 0 Å². The van der Waals surface area contributed by atoms with Crippen LogP contribution >= 0.6 is 0 Å². The number of alkyl halides is 3. The number of ether oxygens (including phenoxy) is 1. The molecule has 1 saturated heterocycles. The molecule has 0 spiro atoms. The van der Waals surface area contributed by atoms with Crippen LogP contribution in [0.25, 0.3) is 0 Å². The average molecular weight is 470 g/mol. The maximum Gasteiger partial charge on any atom is 0.416 e. The van der Waals surface area contributed by atoms with Crippen LogP contribution in [-0.4, -0.2) is 28.6 Å². The van der Waals surface area contributed by atoms with E-state index in [1.807, 2.05) is 30.3 Å². The van der Waals surface area contributed by atoms with E-state index >= 15 is 0 Å². The Hall–Kier alpha value is -3.32. The molecule has 0 amide bonds. The van der Waals surface area contributed by atoms with Crippen molar-refractivity contribution in [3.8, 4) is 5.75 Å². The minimum atomic E-state index is -4.55. The van der Waals surface area contributed by atoms with E-state index in [-0.39, 0.29) is 5.56 Å². The average Bonchev–Trinajstić information content (AvgIpc) is 2.84. The second kappa shape index (κ2) is 10.3. The summed E-state index contributed by atoms with van der Waals surface area (Å²) in [5, 5.41) is 9.82. The molecule has 4 nitrogen and oxygen atoms in total. The number of carboxylic acids is 1. The lowest BCUT2D eigenvalue weighted by Gasteiger charge is -2.40. The Kier molecular flexibility index (Phi) is 7.22. The number of rotatable bonds is 7. The van der Waals surface area contributed by atoms with Gasteiger partial charge in [0.2, 0.25) is 0 Å². The molecule has 1 heterocycles. The number of carboxylic acid groups (broad SMARTS) is 1. The van der Waals surface area contributed by atoms with Crippen LogP contribution in [0.4, 0.5) is 13.2 Å². The van der Waals surface area contributed by atoms with Crippen LogP contribution < -0.4 is 4.74 Å². The molecule has 1 aliphatic rings. The molecule has 0 bridgehead atoms. The summed E-state index contributed by atoms with van der Waals surface area (Å²) in [5.41, 5.74) is 0.901. The summed E-state index contributed by atoms with van der Waals surface area (Å²) in [6.45, 7) is 0.772. The molecular formula is C27H26F3NO3. The molecule has 1 aliphatic heterocycles. The number of likely N-dealkylation sites (tertiary alicyclic amines) is 1. The van der Waals surface area contributed by atoms with E-state index in [9.17, 15) is 23.1 Å². The highest BCUT2D eigenvalue weighted by molar-refractivity contribution is 5.73. The van der Waals surface area contributed by atoms with Gasteiger partial charge >= 0.3 is 12.1 Å². The first-order valence-corrected chi connectivity index (χ1v) is 11.3. The standard InChI is InChI=1S/C27H26F3NO3/c28-27(29,30)23-11-5-4-10-22(23)25(31-17-7-6-12-24(31)26(32)33)20-13-15-21(16-14-20)34-18-19-8-2-1-3-9-19/h1-5,8-11,13-16,24-25H,6-7,12,17-18H2,(H,32,33). The van der Waals surface area contributed by atoms with Crippen LogP contribution in [0, 0.1) is 0 Å². The minimum Gasteiger partial charge on any atom is -0.489 e. The summed E-state index contributed by atoms with van der Waals surface area (Å²) < 4.78 is 47.6. The third kappa shape index (κ3) is 5.42. The lowest BCUT2D eigenvalue weighted by molar-refractivity contribution is -0.145. The van der Waals surface area contributed by atoms with E-state index in [0.29, 0.717) is 30.9 Å². The second-order valence-electron chi connectivity index (χ2n) is 8.42. The van der Waals surface area contributed by atoms with Crippen molar-refractivity contribution in [3.63, 3.8) is 0 Å². The fraction of sp³-hybridized carbons (Fsp3) is 0.296. The lowest BCUT2D eigenvalue weighted by Crippen LogP contribution is -2.47. The first kappa shape index (κ1) is 23.8. The van der Waals surface area contributed by atoms with E-state index in [1.54, 1.807) is 35.2 Å². The van der Waals surface area contributed by atoms with Gasteiger partial charge in [0.25, 0.3) is 0 Å². The van der Waals surface area contributed by atoms with E-state index in [4.69, 9.17) is 4.74 Å². The first-order valence-electron chi connectivity index (χ1n) is 11.3. The van der Waals surface area contributed by atoms with Crippen LogP contribution in [0.1, 0.15) is 47.6 Å². The van der Waals surface area contributed by atoms with Gasteiger partial charge in [0.1, 0.15) is 18.4 Å². The van der Waals surface area contributed by atoms with Gasteiger partial charge < -0.3 is 9.84 Å².